The molecule has 0 atom stereocenters. The van der Waals surface area contributed by atoms with Crippen LogP contribution in [-0.4, -0.2) is 15.7 Å². The van der Waals surface area contributed by atoms with Gasteiger partial charge in [0.2, 0.25) is 0 Å². The molecule has 0 unspecified atom stereocenters. The van der Waals surface area contributed by atoms with E-state index in [2.05, 4.69) is 10.4 Å². The number of amides is 1. The van der Waals surface area contributed by atoms with Gasteiger partial charge >= 0.3 is 0 Å². The molecular formula is C20H20N4O. The first-order valence-corrected chi connectivity index (χ1v) is 8.50. The van der Waals surface area contributed by atoms with Gasteiger partial charge in [0.25, 0.3) is 5.91 Å². The summed E-state index contributed by atoms with van der Waals surface area (Å²) >= 11 is 0. The van der Waals surface area contributed by atoms with Gasteiger partial charge in [-0.2, -0.15) is 5.10 Å². The van der Waals surface area contributed by atoms with Crippen molar-refractivity contribution in [2.24, 2.45) is 5.73 Å². The van der Waals surface area contributed by atoms with E-state index in [1.807, 2.05) is 60.7 Å². The van der Waals surface area contributed by atoms with Crippen LogP contribution in [0.5, 0.6) is 0 Å². The van der Waals surface area contributed by atoms with Crippen LogP contribution in [0, 0.1) is 0 Å². The van der Waals surface area contributed by atoms with Gasteiger partial charge in [0, 0.05) is 18.2 Å². The number of hydrogen-bond donors (Lipinski definition) is 2. The van der Waals surface area contributed by atoms with Gasteiger partial charge in [0.15, 0.2) is 0 Å². The lowest BCUT2D eigenvalue weighted by Crippen LogP contribution is -2.17. The van der Waals surface area contributed by atoms with Crippen molar-refractivity contribution in [3.8, 4) is 5.69 Å². The Morgan fingerprint density at radius 2 is 1.92 bits per heavy atom. The van der Waals surface area contributed by atoms with Gasteiger partial charge < -0.3 is 11.1 Å². The minimum atomic E-state index is -0.169. The zero-order valence-corrected chi connectivity index (χ0v) is 13.9. The second-order valence-corrected chi connectivity index (χ2v) is 6.33. The summed E-state index contributed by atoms with van der Waals surface area (Å²) in [6.45, 7) is 0.442. The Hall–Kier alpha value is -2.92. The number of para-hydroxylation sites is 1. The van der Waals surface area contributed by atoms with Crippen molar-refractivity contribution in [2.45, 2.75) is 25.3 Å². The molecule has 5 heteroatoms. The zero-order valence-electron chi connectivity index (χ0n) is 13.9. The summed E-state index contributed by atoms with van der Waals surface area (Å²) in [5.74, 6) is 0.314. The normalized spacial score (nSPS) is 13.6. The van der Waals surface area contributed by atoms with E-state index in [0.717, 1.165) is 35.5 Å². The minimum Gasteiger partial charge on any atom is -0.326 e. The quantitative estimate of drug-likeness (QED) is 0.751. The summed E-state index contributed by atoms with van der Waals surface area (Å²) < 4.78 is 1.73. The maximum atomic E-state index is 12.9. The molecule has 1 fully saturated rings. The number of nitrogens with zero attached hydrogens (tertiary/aromatic N) is 2. The van der Waals surface area contributed by atoms with E-state index in [1.54, 1.807) is 4.68 Å². The topological polar surface area (TPSA) is 72.9 Å². The molecule has 1 aliphatic carbocycles. The van der Waals surface area contributed by atoms with Gasteiger partial charge in [-0.25, -0.2) is 4.68 Å². The lowest BCUT2D eigenvalue weighted by Gasteiger charge is -2.09. The van der Waals surface area contributed by atoms with E-state index in [0.29, 0.717) is 18.2 Å². The molecule has 126 valence electrons. The molecule has 1 amide bonds. The fourth-order valence-corrected chi connectivity index (χ4v) is 2.88. The minimum absolute atomic E-state index is 0.169. The second kappa shape index (κ2) is 6.53. The molecule has 0 aliphatic heterocycles. The molecule has 0 spiro atoms. The van der Waals surface area contributed by atoms with Crippen LogP contribution in [0.15, 0.2) is 60.7 Å². The van der Waals surface area contributed by atoms with Crippen LogP contribution >= 0.6 is 0 Å². The van der Waals surface area contributed by atoms with Crippen LogP contribution in [0.4, 0.5) is 5.69 Å². The van der Waals surface area contributed by atoms with Crippen molar-refractivity contribution >= 4 is 11.6 Å². The van der Waals surface area contributed by atoms with Crippen molar-refractivity contribution in [1.82, 2.24) is 9.78 Å². The maximum absolute atomic E-state index is 12.9. The molecule has 1 saturated carbocycles. The number of benzene rings is 2. The van der Waals surface area contributed by atoms with Crippen molar-refractivity contribution < 1.29 is 4.79 Å². The summed E-state index contributed by atoms with van der Waals surface area (Å²) in [7, 11) is 0. The molecule has 0 saturated heterocycles. The Kier molecular flexibility index (Phi) is 4.07. The van der Waals surface area contributed by atoms with Gasteiger partial charge in [-0.3, -0.25) is 4.79 Å². The number of aromatic nitrogens is 2. The summed E-state index contributed by atoms with van der Waals surface area (Å²) in [6, 6.07) is 19.2. The first-order chi connectivity index (χ1) is 12.2. The average Bonchev–Trinajstić information content (AvgIpc) is 3.41. The molecule has 1 heterocycles. The molecule has 0 radical (unpaired) electrons. The smallest absolute Gasteiger partial charge is 0.274 e. The highest BCUT2D eigenvalue weighted by molar-refractivity contribution is 6.03. The Bertz CT molecular complexity index is 897. The largest absolute Gasteiger partial charge is 0.326 e. The number of nitrogens with two attached hydrogens (primary N) is 1. The number of hydrogen-bond acceptors (Lipinski definition) is 3. The maximum Gasteiger partial charge on any atom is 0.274 e. The second-order valence-electron chi connectivity index (χ2n) is 6.33. The van der Waals surface area contributed by atoms with E-state index in [1.165, 1.54) is 0 Å². The number of nitrogens with one attached hydrogen (secondary N) is 1. The van der Waals surface area contributed by atoms with Crippen LogP contribution < -0.4 is 11.1 Å². The van der Waals surface area contributed by atoms with E-state index >= 15 is 0 Å². The van der Waals surface area contributed by atoms with Gasteiger partial charge in [-0.15, -0.1) is 0 Å². The third-order valence-electron chi connectivity index (χ3n) is 4.38. The molecule has 3 aromatic rings. The van der Waals surface area contributed by atoms with Crippen LogP contribution in [0.1, 0.15) is 40.5 Å². The molecule has 2 aromatic carbocycles. The third kappa shape index (κ3) is 3.32. The number of rotatable bonds is 5. The summed E-state index contributed by atoms with van der Waals surface area (Å²) in [5, 5.41) is 7.64. The monoisotopic (exact) mass is 332 g/mol. The Labute approximate surface area is 146 Å². The van der Waals surface area contributed by atoms with E-state index in [-0.39, 0.29) is 5.91 Å². The first kappa shape index (κ1) is 15.6. The van der Waals surface area contributed by atoms with Crippen LogP contribution in [0.25, 0.3) is 5.69 Å². The standard InChI is InChI=1S/C20H20N4O/c21-13-14-5-4-6-16(11-14)22-20(25)19-12-18(15-9-10-15)23-24(19)17-7-2-1-3-8-17/h1-8,11-12,15H,9-10,13,21H2,(H,22,25). The molecule has 4 rings (SSSR count). The summed E-state index contributed by atoms with van der Waals surface area (Å²) in [4.78, 5) is 12.9. The van der Waals surface area contributed by atoms with E-state index in [9.17, 15) is 4.79 Å². The van der Waals surface area contributed by atoms with Crippen molar-refractivity contribution in [3.05, 3.63) is 77.6 Å². The third-order valence-corrected chi connectivity index (χ3v) is 4.38. The summed E-state index contributed by atoms with van der Waals surface area (Å²) in [6.07, 6.45) is 2.29. The highest BCUT2D eigenvalue weighted by Crippen LogP contribution is 2.39. The predicted molar refractivity (Wildman–Crippen MR) is 97.8 cm³/mol. The SMILES string of the molecule is NCc1cccc(NC(=O)c2cc(C3CC3)nn2-c2ccccc2)c1. The van der Waals surface area contributed by atoms with E-state index in [4.69, 9.17) is 5.73 Å². The summed E-state index contributed by atoms with van der Waals surface area (Å²) in [5.41, 5.74) is 9.82. The average molecular weight is 332 g/mol. The van der Waals surface area contributed by atoms with Gasteiger partial charge in [-0.1, -0.05) is 30.3 Å². The van der Waals surface area contributed by atoms with Crippen LogP contribution in [0.2, 0.25) is 0 Å². The fraction of sp³-hybridized carbons (Fsp3) is 0.200. The first-order valence-electron chi connectivity index (χ1n) is 8.50. The fourth-order valence-electron chi connectivity index (χ4n) is 2.88. The Morgan fingerprint density at radius 3 is 2.64 bits per heavy atom. The molecule has 0 bridgehead atoms. The lowest BCUT2D eigenvalue weighted by molar-refractivity contribution is 0.101. The molecule has 1 aromatic heterocycles. The zero-order chi connectivity index (χ0) is 17.2. The predicted octanol–water partition coefficient (Wildman–Crippen LogP) is 3.46. The molecule has 5 nitrogen and oxygen atoms in total. The Morgan fingerprint density at radius 1 is 1.12 bits per heavy atom. The van der Waals surface area contributed by atoms with Crippen molar-refractivity contribution in [3.63, 3.8) is 0 Å². The van der Waals surface area contributed by atoms with Crippen LogP contribution in [-0.2, 0) is 6.54 Å². The lowest BCUT2D eigenvalue weighted by atomic mass is 10.2. The number of anilines is 1. The molecule has 3 N–H and O–H groups in total. The Balaban J connectivity index is 1.67. The van der Waals surface area contributed by atoms with Crippen LogP contribution in [0.3, 0.4) is 0 Å². The van der Waals surface area contributed by atoms with Gasteiger partial charge in [0.05, 0.1) is 11.4 Å². The van der Waals surface area contributed by atoms with Crippen molar-refractivity contribution in [2.75, 3.05) is 5.32 Å². The van der Waals surface area contributed by atoms with Gasteiger partial charge in [-0.05, 0) is 48.7 Å². The molecule has 25 heavy (non-hydrogen) atoms. The molecular weight excluding hydrogens is 312 g/mol. The number of carbonyl (C=O) groups excluding carboxylic acids is 1. The highest BCUT2D eigenvalue weighted by atomic mass is 16.2. The molecule has 1 aliphatic rings. The highest BCUT2D eigenvalue weighted by Gasteiger charge is 2.29. The van der Waals surface area contributed by atoms with Gasteiger partial charge in [0.1, 0.15) is 5.69 Å². The van der Waals surface area contributed by atoms with E-state index < -0.39 is 0 Å². The van der Waals surface area contributed by atoms with Crippen molar-refractivity contribution in [1.29, 1.82) is 0 Å². The number of carbonyl (C=O) groups is 1.